The van der Waals surface area contributed by atoms with Crippen LogP contribution in [-0.2, 0) is 11.2 Å². The topological polar surface area (TPSA) is 158 Å². The predicted molar refractivity (Wildman–Crippen MR) is 112 cm³/mol. The third kappa shape index (κ3) is 3.92. The second-order valence-corrected chi connectivity index (χ2v) is 7.88. The maximum atomic E-state index is 10.9. The lowest BCUT2D eigenvalue weighted by molar-refractivity contribution is -0.385. The second-order valence-electron chi connectivity index (χ2n) is 7.88. The molecule has 0 saturated carbocycles. The SMILES string of the molecule is COc1ccc(Cc2n[nH]c3cc(C)cc(O[C@]4(O)[C@@H](O)O[C@H](CO)[C@@H](O)[C@@H]4O)c23)cc1. The van der Waals surface area contributed by atoms with Gasteiger partial charge in [-0.25, -0.2) is 0 Å². The van der Waals surface area contributed by atoms with Crippen LogP contribution in [-0.4, -0.2) is 79.8 Å². The molecule has 0 unspecified atom stereocenters. The van der Waals surface area contributed by atoms with Crippen molar-refractivity contribution in [3.8, 4) is 11.5 Å². The molecule has 5 atom stereocenters. The Balaban J connectivity index is 1.71. The van der Waals surface area contributed by atoms with Crippen molar-refractivity contribution in [3.63, 3.8) is 0 Å². The molecule has 1 saturated heterocycles. The van der Waals surface area contributed by atoms with E-state index in [0.29, 0.717) is 23.0 Å². The minimum atomic E-state index is -2.68. The molecule has 2 aromatic carbocycles. The minimum absolute atomic E-state index is 0.135. The third-order valence-corrected chi connectivity index (χ3v) is 5.62. The molecule has 10 nitrogen and oxygen atoms in total. The average molecular weight is 446 g/mol. The average Bonchev–Trinajstić information content (AvgIpc) is 3.18. The van der Waals surface area contributed by atoms with Gasteiger partial charge in [-0.15, -0.1) is 0 Å². The molecule has 0 amide bonds. The molecule has 0 bridgehead atoms. The predicted octanol–water partition coefficient (Wildman–Crippen LogP) is -0.0306. The molecule has 2 heterocycles. The van der Waals surface area contributed by atoms with Crippen molar-refractivity contribution in [1.82, 2.24) is 10.2 Å². The third-order valence-electron chi connectivity index (χ3n) is 5.62. The summed E-state index contributed by atoms with van der Waals surface area (Å²) in [6.45, 7) is 1.15. The number of nitrogens with zero attached hydrogens (tertiary/aromatic N) is 1. The molecular formula is C22H26N2O8. The van der Waals surface area contributed by atoms with Gasteiger partial charge in [0.15, 0.2) is 6.10 Å². The first-order chi connectivity index (χ1) is 15.3. The van der Waals surface area contributed by atoms with Gasteiger partial charge in [0.1, 0.15) is 23.7 Å². The molecule has 0 radical (unpaired) electrons. The van der Waals surface area contributed by atoms with Crippen LogP contribution in [0.4, 0.5) is 0 Å². The minimum Gasteiger partial charge on any atom is -0.497 e. The van der Waals surface area contributed by atoms with Gasteiger partial charge in [-0.1, -0.05) is 12.1 Å². The highest BCUT2D eigenvalue weighted by atomic mass is 16.7. The molecule has 172 valence electrons. The summed E-state index contributed by atoms with van der Waals surface area (Å²) in [6.07, 6.45) is -6.50. The van der Waals surface area contributed by atoms with Crippen molar-refractivity contribution in [1.29, 1.82) is 0 Å². The van der Waals surface area contributed by atoms with Gasteiger partial charge < -0.3 is 39.7 Å². The number of ether oxygens (including phenoxy) is 3. The van der Waals surface area contributed by atoms with E-state index in [4.69, 9.17) is 14.2 Å². The Morgan fingerprint density at radius 2 is 1.88 bits per heavy atom. The van der Waals surface area contributed by atoms with Crippen LogP contribution in [0.25, 0.3) is 10.9 Å². The van der Waals surface area contributed by atoms with Crippen LogP contribution in [0, 0.1) is 6.92 Å². The fourth-order valence-electron chi connectivity index (χ4n) is 3.84. The van der Waals surface area contributed by atoms with E-state index in [1.165, 1.54) is 0 Å². The summed E-state index contributed by atoms with van der Waals surface area (Å²) in [5.41, 5.74) is 2.96. The largest absolute Gasteiger partial charge is 0.497 e. The zero-order chi connectivity index (χ0) is 23.0. The van der Waals surface area contributed by atoms with Gasteiger partial charge in [0, 0.05) is 6.42 Å². The molecule has 4 rings (SSSR count). The molecule has 0 aliphatic carbocycles. The van der Waals surface area contributed by atoms with Crippen LogP contribution >= 0.6 is 0 Å². The number of aromatic nitrogens is 2. The zero-order valence-corrected chi connectivity index (χ0v) is 17.6. The van der Waals surface area contributed by atoms with Crippen molar-refractivity contribution < 1.29 is 39.7 Å². The molecule has 1 aliphatic rings. The summed E-state index contributed by atoms with van der Waals surface area (Å²) in [5.74, 6) is -1.82. The number of methoxy groups -OCH3 is 1. The summed E-state index contributed by atoms with van der Waals surface area (Å²) in [7, 11) is 1.59. The summed E-state index contributed by atoms with van der Waals surface area (Å²) in [6, 6.07) is 10.9. The number of rotatable bonds is 6. The summed E-state index contributed by atoms with van der Waals surface area (Å²) in [4.78, 5) is 0. The van der Waals surface area contributed by atoms with Gasteiger partial charge in [0.2, 0.25) is 6.29 Å². The second kappa shape index (κ2) is 8.66. The van der Waals surface area contributed by atoms with Gasteiger partial charge in [-0.2, -0.15) is 5.10 Å². The number of benzene rings is 2. The fraction of sp³-hybridized carbons (Fsp3) is 0.409. The number of hydrogen-bond acceptors (Lipinski definition) is 9. The maximum Gasteiger partial charge on any atom is 0.288 e. The highest BCUT2D eigenvalue weighted by Gasteiger charge is 2.57. The highest BCUT2D eigenvalue weighted by Crippen LogP contribution is 2.37. The van der Waals surface area contributed by atoms with Crippen molar-refractivity contribution in [3.05, 3.63) is 53.2 Å². The molecule has 6 N–H and O–H groups in total. The first-order valence-corrected chi connectivity index (χ1v) is 10.1. The Bertz CT molecular complexity index is 1090. The Morgan fingerprint density at radius 3 is 2.53 bits per heavy atom. The van der Waals surface area contributed by atoms with Crippen LogP contribution in [0.3, 0.4) is 0 Å². The Labute approximate surface area is 183 Å². The van der Waals surface area contributed by atoms with Gasteiger partial charge >= 0.3 is 0 Å². The maximum absolute atomic E-state index is 10.9. The molecule has 1 aliphatic heterocycles. The van der Waals surface area contributed by atoms with E-state index in [9.17, 15) is 25.5 Å². The molecule has 1 aromatic heterocycles. The normalized spacial score (nSPS) is 28.1. The molecule has 10 heteroatoms. The molecule has 0 spiro atoms. The van der Waals surface area contributed by atoms with Gasteiger partial charge in [0.05, 0.1) is 30.3 Å². The summed E-state index contributed by atoms with van der Waals surface area (Å²) >= 11 is 0. The van der Waals surface area contributed by atoms with E-state index in [1.54, 1.807) is 20.1 Å². The van der Waals surface area contributed by atoms with Crippen molar-refractivity contribution in [2.75, 3.05) is 13.7 Å². The molecule has 32 heavy (non-hydrogen) atoms. The quantitative estimate of drug-likeness (QED) is 0.286. The van der Waals surface area contributed by atoms with Crippen LogP contribution in [0.1, 0.15) is 16.8 Å². The molecule has 1 fully saturated rings. The lowest BCUT2D eigenvalue weighted by atomic mass is 9.95. The number of aryl methyl sites for hydroxylation is 1. The molecule has 3 aromatic rings. The smallest absolute Gasteiger partial charge is 0.288 e. The fourth-order valence-corrected chi connectivity index (χ4v) is 3.84. The number of H-pyrrole nitrogens is 1. The molecular weight excluding hydrogens is 420 g/mol. The van der Waals surface area contributed by atoms with Crippen molar-refractivity contribution >= 4 is 10.9 Å². The van der Waals surface area contributed by atoms with Gasteiger partial charge in [0.25, 0.3) is 5.79 Å². The number of hydrogen-bond donors (Lipinski definition) is 6. The van der Waals surface area contributed by atoms with Crippen molar-refractivity contribution in [2.45, 2.75) is 43.7 Å². The van der Waals surface area contributed by atoms with Crippen LogP contribution in [0.2, 0.25) is 0 Å². The zero-order valence-electron chi connectivity index (χ0n) is 17.6. The van der Waals surface area contributed by atoms with Crippen LogP contribution < -0.4 is 9.47 Å². The highest BCUT2D eigenvalue weighted by molar-refractivity contribution is 5.88. The number of nitrogens with one attached hydrogen (secondary N) is 1. The van der Waals surface area contributed by atoms with E-state index in [0.717, 1.165) is 16.9 Å². The summed E-state index contributed by atoms with van der Waals surface area (Å²) < 4.78 is 16.0. The van der Waals surface area contributed by atoms with Crippen molar-refractivity contribution in [2.24, 2.45) is 0 Å². The monoisotopic (exact) mass is 446 g/mol. The van der Waals surface area contributed by atoms with Gasteiger partial charge in [-0.3, -0.25) is 5.10 Å². The van der Waals surface area contributed by atoms with Crippen LogP contribution in [0.15, 0.2) is 36.4 Å². The number of aliphatic hydroxyl groups is 5. The van der Waals surface area contributed by atoms with E-state index < -0.39 is 37.0 Å². The number of fused-ring (bicyclic) bond motifs is 1. The van der Waals surface area contributed by atoms with Gasteiger partial charge in [-0.05, 0) is 42.3 Å². The Kier molecular flexibility index (Phi) is 6.08. The number of aromatic amines is 1. The summed E-state index contributed by atoms with van der Waals surface area (Å²) in [5, 5.41) is 59.0. The van der Waals surface area contributed by atoms with Crippen LogP contribution in [0.5, 0.6) is 11.5 Å². The lowest BCUT2D eigenvalue weighted by Crippen LogP contribution is -2.69. The Morgan fingerprint density at radius 1 is 1.16 bits per heavy atom. The van der Waals surface area contributed by atoms with E-state index in [-0.39, 0.29) is 5.75 Å². The van der Waals surface area contributed by atoms with E-state index >= 15 is 0 Å². The van der Waals surface area contributed by atoms with E-state index in [1.807, 2.05) is 30.3 Å². The number of aliphatic hydroxyl groups excluding tert-OH is 4. The first-order valence-electron chi connectivity index (χ1n) is 10.1. The Hall–Kier alpha value is -2.73. The standard InChI is InChI=1S/C22H26N2O8/c1-11-7-14-18(15(24-23-14)9-12-3-5-13(30-2)6-4-12)16(8-11)32-22(29)20(27)19(26)17(10-25)31-21(22)28/h3-8,17,19-21,25-29H,9-10H2,1-2H3,(H,23,24)/t17-,19-,20+,21+,22+/m1/s1. The first kappa shape index (κ1) is 22.5. The lowest BCUT2D eigenvalue weighted by Gasteiger charge is -2.45. The van der Waals surface area contributed by atoms with E-state index in [2.05, 4.69) is 10.2 Å².